The van der Waals surface area contributed by atoms with E-state index in [-0.39, 0.29) is 11.9 Å². The Kier molecular flexibility index (Phi) is 8.03. The van der Waals surface area contributed by atoms with Crippen molar-refractivity contribution in [3.63, 3.8) is 0 Å². The zero-order valence-corrected chi connectivity index (χ0v) is 17.3. The lowest BCUT2D eigenvalue weighted by Crippen LogP contribution is -2.39. The molecule has 0 saturated heterocycles. The van der Waals surface area contributed by atoms with E-state index in [4.69, 9.17) is 15.2 Å². The first kappa shape index (κ1) is 22.2. The van der Waals surface area contributed by atoms with Gasteiger partial charge in [0, 0.05) is 17.3 Å². The van der Waals surface area contributed by atoms with Gasteiger partial charge < -0.3 is 20.5 Å². The number of hydrogen-bond donors (Lipinski definition) is 3. The molecular formula is C22H29N3O4. The molecule has 0 aliphatic carbocycles. The number of hydrogen-bond acceptors (Lipinski definition) is 5. The number of carbonyl (C=O) groups is 2. The van der Waals surface area contributed by atoms with Crippen LogP contribution in [0.3, 0.4) is 0 Å². The Morgan fingerprint density at radius 1 is 0.966 bits per heavy atom. The van der Waals surface area contributed by atoms with E-state index in [0.717, 1.165) is 5.56 Å². The van der Waals surface area contributed by atoms with Gasteiger partial charge in [0.25, 0.3) is 0 Å². The number of anilines is 1. The molecule has 0 aliphatic rings. The largest absolute Gasteiger partial charge is 0.490 e. The van der Waals surface area contributed by atoms with Gasteiger partial charge in [-0.15, -0.1) is 0 Å². The number of rotatable bonds is 10. The molecule has 7 nitrogen and oxygen atoms in total. The van der Waals surface area contributed by atoms with Crippen molar-refractivity contribution in [1.82, 2.24) is 5.32 Å². The molecule has 4 N–H and O–H groups in total. The van der Waals surface area contributed by atoms with Crippen molar-refractivity contribution in [3.05, 3.63) is 53.6 Å². The van der Waals surface area contributed by atoms with Gasteiger partial charge in [0.1, 0.15) is 0 Å². The second-order valence-electron chi connectivity index (χ2n) is 6.61. The number of ether oxygens (including phenoxy) is 2. The third-order valence-corrected chi connectivity index (χ3v) is 4.40. The molecule has 0 fully saturated rings. The number of primary amides is 1. The Balaban J connectivity index is 2.01. The van der Waals surface area contributed by atoms with Crippen LogP contribution in [-0.2, 0) is 4.79 Å². The highest BCUT2D eigenvalue weighted by Gasteiger charge is 2.18. The molecule has 0 spiro atoms. The van der Waals surface area contributed by atoms with Gasteiger partial charge in [-0.2, -0.15) is 0 Å². The monoisotopic (exact) mass is 399 g/mol. The molecule has 2 atom stereocenters. The summed E-state index contributed by atoms with van der Waals surface area (Å²) in [6.07, 6.45) is 0. The summed E-state index contributed by atoms with van der Waals surface area (Å²) in [5.41, 5.74) is 7.20. The predicted molar refractivity (Wildman–Crippen MR) is 113 cm³/mol. The average molecular weight is 399 g/mol. The van der Waals surface area contributed by atoms with Gasteiger partial charge in [-0.05, 0) is 69.7 Å². The molecule has 0 saturated carbocycles. The van der Waals surface area contributed by atoms with E-state index in [0.29, 0.717) is 36.0 Å². The van der Waals surface area contributed by atoms with Crippen molar-refractivity contribution in [2.75, 3.05) is 18.5 Å². The lowest BCUT2D eigenvalue weighted by molar-refractivity contribution is -0.117. The fraction of sp³-hybridized carbons (Fsp3) is 0.364. The fourth-order valence-corrected chi connectivity index (χ4v) is 2.85. The molecule has 2 aromatic rings. The number of carbonyl (C=O) groups excluding carboxylic acids is 2. The maximum absolute atomic E-state index is 12.5. The van der Waals surface area contributed by atoms with E-state index in [2.05, 4.69) is 10.6 Å². The van der Waals surface area contributed by atoms with E-state index < -0.39 is 11.9 Å². The first-order chi connectivity index (χ1) is 13.8. The molecule has 2 aromatic carbocycles. The molecule has 0 bridgehead atoms. The smallest absolute Gasteiger partial charge is 0.248 e. The van der Waals surface area contributed by atoms with E-state index >= 15 is 0 Å². The Morgan fingerprint density at radius 3 is 2.17 bits per heavy atom. The van der Waals surface area contributed by atoms with Crippen molar-refractivity contribution >= 4 is 17.5 Å². The van der Waals surface area contributed by atoms with Crippen LogP contribution in [0.1, 0.15) is 49.7 Å². The van der Waals surface area contributed by atoms with Crippen LogP contribution in [0, 0.1) is 0 Å². The molecule has 7 heteroatoms. The fourth-order valence-electron chi connectivity index (χ4n) is 2.85. The highest BCUT2D eigenvalue weighted by atomic mass is 16.5. The van der Waals surface area contributed by atoms with Gasteiger partial charge in [0.2, 0.25) is 11.8 Å². The first-order valence-electron chi connectivity index (χ1n) is 9.72. The summed E-state index contributed by atoms with van der Waals surface area (Å²) in [6, 6.07) is 11.7. The molecular weight excluding hydrogens is 370 g/mol. The summed E-state index contributed by atoms with van der Waals surface area (Å²) in [5, 5.41) is 6.11. The van der Waals surface area contributed by atoms with Crippen molar-refractivity contribution in [1.29, 1.82) is 0 Å². The van der Waals surface area contributed by atoms with Gasteiger partial charge in [-0.1, -0.05) is 6.07 Å². The van der Waals surface area contributed by atoms with Gasteiger partial charge in [0.15, 0.2) is 11.5 Å². The van der Waals surface area contributed by atoms with Crippen molar-refractivity contribution in [2.24, 2.45) is 5.73 Å². The maximum Gasteiger partial charge on any atom is 0.248 e. The van der Waals surface area contributed by atoms with Crippen LogP contribution in [0.5, 0.6) is 11.5 Å². The van der Waals surface area contributed by atoms with E-state index in [1.807, 2.05) is 39.0 Å². The van der Waals surface area contributed by atoms with Crippen LogP contribution in [0.15, 0.2) is 42.5 Å². The first-order valence-corrected chi connectivity index (χ1v) is 9.72. The molecule has 2 rings (SSSR count). The van der Waals surface area contributed by atoms with Crippen LogP contribution in [0.2, 0.25) is 0 Å². The zero-order valence-electron chi connectivity index (χ0n) is 17.3. The second kappa shape index (κ2) is 10.5. The lowest BCUT2D eigenvalue weighted by atomic mass is 10.1. The summed E-state index contributed by atoms with van der Waals surface area (Å²) in [5.74, 6) is 0.704. The Hall–Kier alpha value is -3.06. The third-order valence-electron chi connectivity index (χ3n) is 4.40. The minimum absolute atomic E-state index is 0.0807. The number of nitrogens with one attached hydrogen (secondary N) is 2. The normalized spacial score (nSPS) is 12.7. The molecule has 0 unspecified atom stereocenters. The molecule has 29 heavy (non-hydrogen) atoms. The Bertz CT molecular complexity index is 836. The predicted octanol–water partition coefficient (Wildman–Crippen LogP) is 3.26. The summed E-state index contributed by atoms with van der Waals surface area (Å²) >= 11 is 0. The molecule has 156 valence electrons. The number of benzene rings is 2. The topological polar surface area (TPSA) is 103 Å². The highest BCUT2D eigenvalue weighted by Crippen LogP contribution is 2.30. The van der Waals surface area contributed by atoms with Crippen molar-refractivity contribution in [3.8, 4) is 11.5 Å². The van der Waals surface area contributed by atoms with Crippen molar-refractivity contribution < 1.29 is 19.1 Å². The quantitative estimate of drug-likeness (QED) is 0.569. The van der Waals surface area contributed by atoms with Crippen LogP contribution in [0.25, 0.3) is 0 Å². The van der Waals surface area contributed by atoms with Crippen LogP contribution >= 0.6 is 0 Å². The summed E-state index contributed by atoms with van der Waals surface area (Å²) in [6.45, 7) is 8.73. The van der Waals surface area contributed by atoms with Gasteiger partial charge in [-0.25, -0.2) is 0 Å². The van der Waals surface area contributed by atoms with Gasteiger partial charge in [-0.3, -0.25) is 14.9 Å². The minimum Gasteiger partial charge on any atom is -0.490 e. The highest BCUT2D eigenvalue weighted by molar-refractivity contribution is 5.96. The van der Waals surface area contributed by atoms with E-state index in [1.165, 1.54) is 0 Å². The van der Waals surface area contributed by atoms with Gasteiger partial charge in [0.05, 0.1) is 19.3 Å². The van der Waals surface area contributed by atoms with Crippen LogP contribution < -0.4 is 25.8 Å². The standard InChI is InChI=1S/C22H29N3O4/c1-5-28-19-12-9-17(13-20(19)29-6-2)14(3)24-15(4)22(27)25-18-10-7-16(8-11-18)21(23)26/h7-15,24H,5-6H2,1-4H3,(H2,23,26)(H,25,27)/t14-,15-/m0/s1. The summed E-state index contributed by atoms with van der Waals surface area (Å²) in [4.78, 5) is 23.6. The molecule has 0 heterocycles. The van der Waals surface area contributed by atoms with E-state index in [9.17, 15) is 9.59 Å². The SMILES string of the molecule is CCOc1ccc([C@H](C)N[C@@H](C)C(=O)Nc2ccc(C(N)=O)cc2)cc1OCC. The van der Waals surface area contributed by atoms with Crippen LogP contribution in [0.4, 0.5) is 5.69 Å². The Labute approximate surface area is 171 Å². The minimum atomic E-state index is -0.506. The van der Waals surface area contributed by atoms with Gasteiger partial charge >= 0.3 is 0 Å². The molecule has 0 aliphatic heterocycles. The summed E-state index contributed by atoms with van der Waals surface area (Å²) < 4.78 is 11.3. The molecule has 0 aromatic heterocycles. The number of nitrogens with two attached hydrogens (primary N) is 1. The third kappa shape index (κ3) is 6.22. The number of amides is 2. The zero-order chi connectivity index (χ0) is 21.4. The van der Waals surface area contributed by atoms with Crippen LogP contribution in [-0.4, -0.2) is 31.1 Å². The summed E-state index contributed by atoms with van der Waals surface area (Å²) in [7, 11) is 0. The van der Waals surface area contributed by atoms with Crippen molar-refractivity contribution in [2.45, 2.75) is 39.8 Å². The molecule has 0 radical (unpaired) electrons. The Morgan fingerprint density at radius 2 is 1.59 bits per heavy atom. The second-order valence-corrected chi connectivity index (χ2v) is 6.61. The average Bonchev–Trinajstić information content (AvgIpc) is 2.69. The molecule has 2 amide bonds. The maximum atomic E-state index is 12.5. The van der Waals surface area contributed by atoms with E-state index in [1.54, 1.807) is 31.2 Å². The lowest BCUT2D eigenvalue weighted by Gasteiger charge is -2.21.